The van der Waals surface area contributed by atoms with Crippen molar-refractivity contribution in [2.45, 2.75) is 38.8 Å². The van der Waals surface area contributed by atoms with Crippen LogP contribution in [0.4, 0.5) is 11.4 Å². The van der Waals surface area contributed by atoms with Gasteiger partial charge in [0, 0.05) is 49.6 Å². The minimum atomic E-state index is -0.172. The number of hydrogen-bond donors (Lipinski definition) is 1. The SMILES string of the molecule is CCOC(=O)Cc1cc(N2CC[C@H](N[C@H](C)c3cccc4ccccc34)C2)ccc1N1CCOCC1. The Morgan fingerprint density at radius 1 is 1.06 bits per heavy atom. The molecule has 6 nitrogen and oxygen atoms in total. The first-order chi connectivity index (χ1) is 17.6. The van der Waals surface area contributed by atoms with Crippen LogP contribution in [0, 0.1) is 0 Å². The van der Waals surface area contributed by atoms with Gasteiger partial charge < -0.3 is 24.6 Å². The highest BCUT2D eigenvalue weighted by Crippen LogP contribution is 2.31. The van der Waals surface area contributed by atoms with Crippen molar-refractivity contribution >= 4 is 28.1 Å². The highest BCUT2D eigenvalue weighted by molar-refractivity contribution is 5.86. The van der Waals surface area contributed by atoms with Gasteiger partial charge in [-0.3, -0.25) is 4.79 Å². The molecule has 0 aromatic heterocycles. The van der Waals surface area contributed by atoms with Gasteiger partial charge in [-0.15, -0.1) is 0 Å². The quantitative estimate of drug-likeness (QED) is 0.465. The average molecular weight is 488 g/mol. The van der Waals surface area contributed by atoms with Crippen molar-refractivity contribution in [2.75, 3.05) is 55.8 Å². The molecule has 3 aromatic carbocycles. The average Bonchev–Trinajstić information content (AvgIpc) is 3.37. The zero-order valence-corrected chi connectivity index (χ0v) is 21.4. The van der Waals surface area contributed by atoms with Crippen LogP contribution in [-0.4, -0.2) is 58.0 Å². The van der Waals surface area contributed by atoms with E-state index in [2.05, 4.69) is 82.7 Å². The topological polar surface area (TPSA) is 54.0 Å². The van der Waals surface area contributed by atoms with E-state index < -0.39 is 0 Å². The maximum atomic E-state index is 12.4. The molecule has 0 radical (unpaired) electrons. The van der Waals surface area contributed by atoms with E-state index in [1.165, 1.54) is 22.0 Å². The van der Waals surface area contributed by atoms with Crippen LogP contribution in [0.25, 0.3) is 10.8 Å². The van der Waals surface area contributed by atoms with E-state index in [4.69, 9.17) is 9.47 Å². The van der Waals surface area contributed by atoms with Crippen LogP contribution >= 0.6 is 0 Å². The zero-order valence-electron chi connectivity index (χ0n) is 21.4. The molecule has 0 unspecified atom stereocenters. The van der Waals surface area contributed by atoms with E-state index >= 15 is 0 Å². The molecule has 2 aliphatic heterocycles. The van der Waals surface area contributed by atoms with Crippen LogP contribution < -0.4 is 15.1 Å². The molecule has 2 atom stereocenters. The molecule has 36 heavy (non-hydrogen) atoms. The van der Waals surface area contributed by atoms with Gasteiger partial charge in [0.15, 0.2) is 0 Å². The van der Waals surface area contributed by atoms with Gasteiger partial charge in [0.1, 0.15) is 0 Å². The van der Waals surface area contributed by atoms with Crippen molar-refractivity contribution < 1.29 is 14.3 Å². The standard InChI is InChI=1S/C30H37N3O3/c1-3-36-30(34)20-24-19-26(11-12-29(24)32-15-17-35-18-16-32)33-14-13-25(21-33)31-22(2)27-10-6-8-23-7-4-5-9-28(23)27/h4-12,19,22,25,31H,3,13-18,20-21H2,1-2H3/t22-,25+/m1/s1. The van der Waals surface area contributed by atoms with Crippen molar-refractivity contribution in [1.29, 1.82) is 0 Å². The summed E-state index contributed by atoms with van der Waals surface area (Å²) in [4.78, 5) is 17.1. The summed E-state index contributed by atoms with van der Waals surface area (Å²) >= 11 is 0. The third-order valence-corrected chi connectivity index (χ3v) is 7.38. The molecular formula is C30H37N3O3. The Morgan fingerprint density at radius 2 is 1.86 bits per heavy atom. The van der Waals surface area contributed by atoms with E-state index in [9.17, 15) is 4.79 Å². The number of anilines is 2. The molecule has 0 aliphatic carbocycles. The zero-order chi connectivity index (χ0) is 24.9. The molecule has 2 aliphatic rings. The van der Waals surface area contributed by atoms with Crippen molar-refractivity contribution in [1.82, 2.24) is 5.32 Å². The first-order valence-corrected chi connectivity index (χ1v) is 13.2. The summed E-state index contributed by atoms with van der Waals surface area (Å²) in [7, 11) is 0. The lowest BCUT2D eigenvalue weighted by atomic mass is 9.99. The molecule has 5 rings (SSSR count). The normalized spacial score (nSPS) is 19.0. The first-order valence-electron chi connectivity index (χ1n) is 13.2. The summed E-state index contributed by atoms with van der Waals surface area (Å²) < 4.78 is 10.8. The molecule has 1 N–H and O–H groups in total. The summed E-state index contributed by atoms with van der Waals surface area (Å²) in [6.07, 6.45) is 1.38. The maximum absolute atomic E-state index is 12.4. The smallest absolute Gasteiger partial charge is 0.310 e. The number of esters is 1. The van der Waals surface area contributed by atoms with Gasteiger partial charge in [0.25, 0.3) is 0 Å². The number of rotatable bonds is 8. The van der Waals surface area contributed by atoms with Gasteiger partial charge in [-0.25, -0.2) is 0 Å². The van der Waals surface area contributed by atoms with Crippen LogP contribution in [0.2, 0.25) is 0 Å². The molecule has 0 bridgehead atoms. The Hall–Kier alpha value is -3.09. The van der Waals surface area contributed by atoms with Gasteiger partial charge >= 0.3 is 5.97 Å². The Bertz CT molecular complexity index is 1190. The summed E-state index contributed by atoms with van der Waals surface area (Å²) in [6, 6.07) is 22.4. The molecule has 2 saturated heterocycles. The number of carbonyl (C=O) groups is 1. The highest BCUT2D eigenvalue weighted by Gasteiger charge is 2.26. The van der Waals surface area contributed by atoms with Crippen LogP contribution in [-0.2, 0) is 20.7 Å². The maximum Gasteiger partial charge on any atom is 0.310 e. The largest absolute Gasteiger partial charge is 0.466 e. The number of nitrogens with zero attached hydrogens (tertiary/aromatic N) is 2. The number of hydrogen-bond acceptors (Lipinski definition) is 6. The molecule has 0 saturated carbocycles. The van der Waals surface area contributed by atoms with Gasteiger partial charge in [0.05, 0.1) is 26.2 Å². The highest BCUT2D eigenvalue weighted by atomic mass is 16.5. The number of carbonyl (C=O) groups excluding carboxylic acids is 1. The molecular weight excluding hydrogens is 450 g/mol. The third-order valence-electron chi connectivity index (χ3n) is 7.38. The van der Waals surface area contributed by atoms with Gasteiger partial charge in [-0.2, -0.15) is 0 Å². The molecule has 0 spiro atoms. The van der Waals surface area contributed by atoms with Gasteiger partial charge in [-0.05, 0) is 60.4 Å². The van der Waals surface area contributed by atoms with Crippen LogP contribution in [0.3, 0.4) is 0 Å². The van der Waals surface area contributed by atoms with Gasteiger partial charge in [0.2, 0.25) is 0 Å². The summed E-state index contributed by atoms with van der Waals surface area (Å²) in [6.45, 7) is 9.59. The molecule has 0 amide bonds. The predicted molar refractivity (Wildman–Crippen MR) is 146 cm³/mol. The van der Waals surface area contributed by atoms with Crippen molar-refractivity contribution in [3.8, 4) is 0 Å². The Morgan fingerprint density at radius 3 is 2.69 bits per heavy atom. The third kappa shape index (κ3) is 5.50. The van der Waals surface area contributed by atoms with Crippen LogP contribution in [0.5, 0.6) is 0 Å². The van der Waals surface area contributed by atoms with E-state index in [0.717, 1.165) is 57.1 Å². The number of benzene rings is 3. The number of fused-ring (bicyclic) bond motifs is 1. The predicted octanol–water partition coefficient (Wildman–Crippen LogP) is 4.71. The fraction of sp³-hybridized carbons (Fsp3) is 0.433. The second kappa shape index (κ2) is 11.3. The number of nitrogens with one attached hydrogen (secondary N) is 1. The van der Waals surface area contributed by atoms with Gasteiger partial charge in [-0.1, -0.05) is 42.5 Å². The Balaban J connectivity index is 1.30. The molecule has 3 aromatic rings. The number of ether oxygens (including phenoxy) is 2. The summed E-state index contributed by atoms with van der Waals surface area (Å²) in [5.74, 6) is -0.172. The fourth-order valence-corrected chi connectivity index (χ4v) is 5.59. The van der Waals surface area contributed by atoms with Crippen molar-refractivity contribution in [3.05, 3.63) is 71.8 Å². The van der Waals surface area contributed by atoms with E-state index in [1.54, 1.807) is 0 Å². The molecule has 190 valence electrons. The summed E-state index contributed by atoms with van der Waals surface area (Å²) in [5, 5.41) is 6.48. The minimum absolute atomic E-state index is 0.172. The van der Waals surface area contributed by atoms with Crippen LogP contribution in [0.1, 0.15) is 37.4 Å². The van der Waals surface area contributed by atoms with Crippen molar-refractivity contribution in [3.63, 3.8) is 0 Å². The molecule has 2 heterocycles. The van der Waals surface area contributed by atoms with E-state index in [-0.39, 0.29) is 12.0 Å². The number of morpholine rings is 1. The Labute approximate surface area is 214 Å². The lowest BCUT2D eigenvalue weighted by molar-refractivity contribution is -0.142. The molecule has 2 fully saturated rings. The van der Waals surface area contributed by atoms with E-state index in [1.807, 2.05) is 6.92 Å². The molecule has 6 heteroatoms. The van der Waals surface area contributed by atoms with Crippen molar-refractivity contribution in [2.24, 2.45) is 0 Å². The summed E-state index contributed by atoms with van der Waals surface area (Å²) in [5.41, 5.74) is 4.67. The lowest BCUT2D eigenvalue weighted by Crippen LogP contribution is -2.37. The second-order valence-electron chi connectivity index (χ2n) is 9.78. The lowest BCUT2D eigenvalue weighted by Gasteiger charge is -2.31. The second-order valence-corrected chi connectivity index (χ2v) is 9.78. The van der Waals surface area contributed by atoms with E-state index in [0.29, 0.717) is 19.1 Å². The Kier molecular flexibility index (Phi) is 7.73. The monoisotopic (exact) mass is 487 g/mol. The minimum Gasteiger partial charge on any atom is -0.466 e. The van der Waals surface area contributed by atoms with Crippen LogP contribution in [0.15, 0.2) is 60.7 Å². The first kappa shape index (κ1) is 24.6. The fourth-order valence-electron chi connectivity index (χ4n) is 5.59.